The lowest BCUT2D eigenvalue weighted by Gasteiger charge is -2.10. The molecule has 0 bridgehead atoms. The van der Waals surface area contributed by atoms with Crippen LogP contribution in [0, 0.1) is 11.7 Å². The molecule has 1 aliphatic carbocycles. The van der Waals surface area contributed by atoms with E-state index < -0.39 is 0 Å². The highest BCUT2D eigenvalue weighted by molar-refractivity contribution is 5.85. The Morgan fingerprint density at radius 2 is 2.29 bits per heavy atom. The topological polar surface area (TPSA) is 35.2 Å². The Kier molecular flexibility index (Phi) is 4.97. The molecule has 0 saturated heterocycles. The van der Waals surface area contributed by atoms with Crippen LogP contribution in [0.3, 0.4) is 0 Å². The number of hydrogen-bond donors (Lipinski definition) is 1. The van der Waals surface area contributed by atoms with E-state index in [0.29, 0.717) is 25.0 Å². The quantitative estimate of drug-likeness (QED) is 0.824. The Labute approximate surface area is 107 Å². The van der Waals surface area contributed by atoms with Crippen LogP contribution in [0.5, 0.6) is 5.75 Å². The second kappa shape index (κ2) is 6.03. The summed E-state index contributed by atoms with van der Waals surface area (Å²) in [5.74, 6) is 1.37. The third kappa shape index (κ3) is 3.20. The lowest BCUT2D eigenvalue weighted by molar-refractivity contribution is 0.358. The van der Waals surface area contributed by atoms with Gasteiger partial charge in [-0.25, -0.2) is 4.39 Å². The minimum atomic E-state index is -0.219. The van der Waals surface area contributed by atoms with Crippen LogP contribution in [-0.4, -0.2) is 13.2 Å². The van der Waals surface area contributed by atoms with Gasteiger partial charge in [0.1, 0.15) is 18.2 Å². The Bertz CT molecular complexity index is 397. The molecule has 0 spiro atoms. The zero-order chi connectivity index (χ0) is 11.5. The lowest BCUT2D eigenvalue weighted by Crippen LogP contribution is -2.03. The summed E-state index contributed by atoms with van der Waals surface area (Å²) < 4.78 is 18.7. The van der Waals surface area contributed by atoms with Gasteiger partial charge in [0, 0.05) is 5.56 Å². The summed E-state index contributed by atoms with van der Waals surface area (Å²) in [5.41, 5.74) is 6.54. The van der Waals surface area contributed by atoms with E-state index in [0.717, 1.165) is 17.7 Å². The molecule has 0 amide bonds. The summed E-state index contributed by atoms with van der Waals surface area (Å²) in [6.45, 7) is 4.69. The van der Waals surface area contributed by atoms with Gasteiger partial charge in [-0.1, -0.05) is 12.7 Å². The van der Waals surface area contributed by atoms with Crippen LogP contribution in [0.2, 0.25) is 0 Å². The molecule has 1 aromatic rings. The number of hydrogen-bond acceptors (Lipinski definition) is 2. The van der Waals surface area contributed by atoms with E-state index in [9.17, 15) is 4.39 Å². The van der Waals surface area contributed by atoms with Crippen LogP contribution in [0.15, 0.2) is 30.9 Å². The van der Waals surface area contributed by atoms with Gasteiger partial charge in [-0.15, -0.1) is 12.4 Å². The Morgan fingerprint density at radius 3 is 2.88 bits per heavy atom. The first kappa shape index (κ1) is 14.0. The van der Waals surface area contributed by atoms with Crippen LogP contribution in [-0.2, 0) is 0 Å². The Hall–Kier alpha value is -1.06. The molecule has 2 nitrogen and oxygen atoms in total. The minimum absolute atomic E-state index is 0. The van der Waals surface area contributed by atoms with Gasteiger partial charge in [-0.05, 0) is 43.0 Å². The van der Waals surface area contributed by atoms with E-state index in [1.807, 2.05) is 0 Å². The Morgan fingerprint density at radius 1 is 1.53 bits per heavy atom. The fraction of sp³-hybridized carbons (Fsp3) is 0.385. The van der Waals surface area contributed by atoms with E-state index in [1.54, 1.807) is 18.2 Å². The highest BCUT2D eigenvalue weighted by Gasteiger charge is 2.38. The lowest BCUT2D eigenvalue weighted by atomic mass is 10.1. The van der Waals surface area contributed by atoms with Crippen LogP contribution < -0.4 is 10.5 Å². The summed E-state index contributed by atoms with van der Waals surface area (Å²) >= 11 is 0. The summed E-state index contributed by atoms with van der Waals surface area (Å²) in [7, 11) is 0. The highest BCUT2D eigenvalue weighted by atomic mass is 35.5. The molecule has 2 rings (SSSR count). The maximum absolute atomic E-state index is 13.2. The van der Waals surface area contributed by atoms with Crippen molar-refractivity contribution in [1.82, 2.24) is 0 Å². The summed E-state index contributed by atoms with van der Waals surface area (Å²) in [5, 5.41) is 0. The monoisotopic (exact) mass is 257 g/mol. The van der Waals surface area contributed by atoms with Gasteiger partial charge in [-0.3, -0.25) is 0 Å². The predicted octanol–water partition coefficient (Wildman–Crippen LogP) is 2.87. The molecule has 1 aromatic carbocycles. The van der Waals surface area contributed by atoms with E-state index in [4.69, 9.17) is 10.5 Å². The largest absolute Gasteiger partial charge is 0.489 e. The average Bonchev–Trinajstić information content (AvgIpc) is 3.06. The van der Waals surface area contributed by atoms with Crippen LogP contribution in [0.4, 0.5) is 4.39 Å². The first-order valence-electron chi connectivity index (χ1n) is 5.49. The maximum Gasteiger partial charge on any atom is 0.123 e. The van der Waals surface area contributed by atoms with Gasteiger partial charge in [-0.2, -0.15) is 0 Å². The van der Waals surface area contributed by atoms with Gasteiger partial charge in [0.05, 0.1) is 0 Å². The minimum Gasteiger partial charge on any atom is -0.489 e. The normalized spacial score (nSPS) is 21.5. The molecule has 0 aromatic heterocycles. The van der Waals surface area contributed by atoms with Crippen LogP contribution >= 0.6 is 12.4 Å². The number of ether oxygens (including phenoxy) is 1. The van der Waals surface area contributed by atoms with Crippen LogP contribution in [0.1, 0.15) is 17.9 Å². The summed E-state index contributed by atoms with van der Waals surface area (Å²) in [6, 6.07) is 4.65. The summed E-state index contributed by atoms with van der Waals surface area (Å²) in [6.07, 6.45) is 2.71. The highest BCUT2D eigenvalue weighted by Crippen LogP contribution is 2.49. The fourth-order valence-electron chi connectivity index (χ4n) is 1.98. The van der Waals surface area contributed by atoms with E-state index in [2.05, 4.69) is 6.58 Å². The second-order valence-electron chi connectivity index (χ2n) is 4.12. The molecule has 1 aliphatic rings. The van der Waals surface area contributed by atoms with Gasteiger partial charge in [0.15, 0.2) is 0 Å². The SMILES string of the molecule is C=CCOc1ccc(F)cc1[C@@H]1C[C@H]1CN.Cl. The third-order valence-electron chi connectivity index (χ3n) is 2.95. The van der Waals surface area contributed by atoms with Crippen molar-refractivity contribution in [2.75, 3.05) is 13.2 Å². The van der Waals surface area contributed by atoms with Crippen molar-refractivity contribution in [3.05, 3.63) is 42.2 Å². The van der Waals surface area contributed by atoms with Gasteiger partial charge >= 0.3 is 0 Å². The van der Waals surface area contributed by atoms with Gasteiger partial charge < -0.3 is 10.5 Å². The molecule has 1 saturated carbocycles. The first-order chi connectivity index (χ1) is 7.76. The van der Waals surface area contributed by atoms with Gasteiger partial charge in [0.25, 0.3) is 0 Å². The zero-order valence-corrected chi connectivity index (χ0v) is 10.4. The van der Waals surface area contributed by atoms with Crippen molar-refractivity contribution in [2.24, 2.45) is 11.7 Å². The molecule has 0 radical (unpaired) electrons. The molecule has 1 fully saturated rings. The number of benzene rings is 1. The number of halogens is 2. The molecule has 0 aliphatic heterocycles. The smallest absolute Gasteiger partial charge is 0.123 e. The van der Waals surface area contributed by atoms with E-state index in [-0.39, 0.29) is 18.2 Å². The molecule has 0 unspecified atom stereocenters. The van der Waals surface area contributed by atoms with Crippen molar-refractivity contribution < 1.29 is 9.13 Å². The van der Waals surface area contributed by atoms with Crippen molar-refractivity contribution in [1.29, 1.82) is 0 Å². The summed E-state index contributed by atoms with van der Waals surface area (Å²) in [4.78, 5) is 0. The first-order valence-corrected chi connectivity index (χ1v) is 5.49. The van der Waals surface area contributed by atoms with Crippen LogP contribution in [0.25, 0.3) is 0 Å². The number of rotatable bonds is 5. The van der Waals surface area contributed by atoms with Crippen molar-refractivity contribution in [3.63, 3.8) is 0 Å². The molecule has 2 N–H and O–H groups in total. The molecule has 4 heteroatoms. The molecule has 0 heterocycles. The zero-order valence-electron chi connectivity index (χ0n) is 9.56. The molecule has 17 heavy (non-hydrogen) atoms. The van der Waals surface area contributed by atoms with Crippen molar-refractivity contribution in [2.45, 2.75) is 12.3 Å². The molecule has 94 valence electrons. The maximum atomic E-state index is 13.2. The fourth-order valence-corrected chi connectivity index (χ4v) is 1.98. The molecular formula is C13H17ClFNO. The second-order valence-corrected chi connectivity index (χ2v) is 4.12. The van der Waals surface area contributed by atoms with Crippen molar-refractivity contribution >= 4 is 12.4 Å². The standard InChI is InChI=1S/C13H16FNO.ClH/c1-2-5-16-13-4-3-10(14)7-12(13)11-6-9(11)8-15;/h2-4,7,9,11H,1,5-6,8,15H2;1H/t9-,11+;/m0./s1. The third-order valence-corrected chi connectivity index (χ3v) is 2.95. The van der Waals surface area contributed by atoms with E-state index >= 15 is 0 Å². The van der Waals surface area contributed by atoms with Crippen molar-refractivity contribution in [3.8, 4) is 5.75 Å². The van der Waals surface area contributed by atoms with E-state index in [1.165, 1.54) is 6.07 Å². The average molecular weight is 258 g/mol. The van der Waals surface area contributed by atoms with Gasteiger partial charge in [0.2, 0.25) is 0 Å². The predicted molar refractivity (Wildman–Crippen MR) is 69.2 cm³/mol. The molecular weight excluding hydrogens is 241 g/mol. The number of nitrogens with two attached hydrogens (primary N) is 1. The molecule has 2 atom stereocenters. The Balaban J connectivity index is 0.00000144.